The number of rotatable bonds is 3. The van der Waals surface area contributed by atoms with Gasteiger partial charge in [-0.25, -0.2) is 24.1 Å². The smallest absolute Gasteiger partial charge is 0.478 e. The molecule has 11 nitrogen and oxygen atoms in total. The molecule has 0 unspecified atom stereocenters. The number of aromatic carboxylic acids is 2. The number of carboxylic acids is 2. The Bertz CT molecular complexity index is 1530. The normalized spacial score (nSPS) is 12.6. The van der Waals surface area contributed by atoms with Crippen molar-refractivity contribution in [2.75, 3.05) is 4.90 Å². The number of hydrogen-bond donors (Lipinski definition) is 2. The second kappa shape index (κ2) is 9.50. The molecule has 0 spiro atoms. The van der Waals surface area contributed by atoms with Gasteiger partial charge in [-0.15, -0.1) is 0 Å². The lowest BCUT2D eigenvalue weighted by Gasteiger charge is -2.34. The minimum Gasteiger partial charge on any atom is -0.478 e. The van der Waals surface area contributed by atoms with Gasteiger partial charge < -0.3 is 29.2 Å². The average molecular weight is 538 g/mol. The standard InChI is InChI=1S/C28H27NO10/c1-27(2,3)38-25(34)29-17-9-7-8-10-18(17)37-22-20(24(32)33)19(23(30)31)16-13-14(11-12-15(16)21(22)29)36-26(35)39-28(4,5)6/h7-13H,1-6H3,(H,30,31)(H,32,33). The zero-order chi connectivity index (χ0) is 28.9. The fraction of sp³-hybridized carbons (Fsp3) is 0.286. The molecule has 4 rings (SSSR count). The maximum Gasteiger partial charge on any atom is 0.514 e. The van der Waals surface area contributed by atoms with Crippen LogP contribution in [0.25, 0.3) is 10.8 Å². The molecule has 1 aliphatic heterocycles. The van der Waals surface area contributed by atoms with E-state index in [0.717, 1.165) is 4.90 Å². The van der Waals surface area contributed by atoms with Crippen LogP contribution in [0.3, 0.4) is 0 Å². The van der Waals surface area contributed by atoms with Crippen LogP contribution in [0, 0.1) is 0 Å². The van der Waals surface area contributed by atoms with E-state index in [1.165, 1.54) is 24.3 Å². The highest BCUT2D eigenvalue weighted by atomic mass is 16.7. The zero-order valence-corrected chi connectivity index (χ0v) is 22.1. The van der Waals surface area contributed by atoms with E-state index in [2.05, 4.69) is 0 Å². The molecule has 0 atom stereocenters. The van der Waals surface area contributed by atoms with Gasteiger partial charge in [0.15, 0.2) is 11.5 Å². The van der Waals surface area contributed by atoms with Crippen molar-refractivity contribution in [3.63, 3.8) is 0 Å². The van der Waals surface area contributed by atoms with E-state index in [1.807, 2.05) is 0 Å². The number of benzene rings is 3. The summed E-state index contributed by atoms with van der Waals surface area (Å²) in [4.78, 5) is 51.9. The summed E-state index contributed by atoms with van der Waals surface area (Å²) < 4.78 is 21.9. The number of anilines is 2. The lowest BCUT2D eigenvalue weighted by atomic mass is 9.94. The van der Waals surface area contributed by atoms with E-state index in [1.54, 1.807) is 59.7 Å². The third kappa shape index (κ3) is 5.42. The van der Waals surface area contributed by atoms with Crippen LogP contribution in [0.1, 0.15) is 62.3 Å². The molecular weight excluding hydrogens is 510 g/mol. The van der Waals surface area contributed by atoms with E-state index in [0.29, 0.717) is 0 Å². The SMILES string of the molecule is CC(C)(C)OC(=O)Oc1ccc2c3c(c(C(=O)O)c(C(=O)O)c2c1)Oc1ccccc1N3C(=O)OC(C)(C)C. The van der Waals surface area contributed by atoms with Crippen molar-refractivity contribution in [1.29, 1.82) is 0 Å². The van der Waals surface area contributed by atoms with Crippen molar-refractivity contribution in [3.8, 4) is 17.2 Å². The molecule has 2 N–H and O–H groups in total. The summed E-state index contributed by atoms with van der Waals surface area (Å²) in [5.41, 5.74) is -2.85. The lowest BCUT2D eigenvalue weighted by molar-refractivity contribution is 0.0206. The maximum atomic E-state index is 13.5. The predicted molar refractivity (Wildman–Crippen MR) is 140 cm³/mol. The van der Waals surface area contributed by atoms with Crippen molar-refractivity contribution in [2.45, 2.75) is 52.7 Å². The molecule has 11 heteroatoms. The number of amides is 1. The number of carboxylic acid groups (broad SMARTS) is 2. The van der Waals surface area contributed by atoms with Crippen LogP contribution < -0.4 is 14.4 Å². The Kier molecular flexibility index (Phi) is 6.63. The molecule has 3 aromatic rings. The Labute approximate surface area is 223 Å². The van der Waals surface area contributed by atoms with E-state index >= 15 is 0 Å². The van der Waals surface area contributed by atoms with Gasteiger partial charge in [-0.05, 0) is 71.9 Å². The molecular formula is C28H27NO10. The topological polar surface area (TPSA) is 149 Å². The minimum atomic E-state index is -1.60. The van der Waals surface area contributed by atoms with Gasteiger partial charge in [0.1, 0.15) is 28.2 Å². The first-order chi connectivity index (χ1) is 18.1. The molecule has 39 heavy (non-hydrogen) atoms. The monoisotopic (exact) mass is 537 g/mol. The Morgan fingerprint density at radius 1 is 0.795 bits per heavy atom. The molecule has 0 bridgehead atoms. The Morgan fingerprint density at radius 2 is 1.41 bits per heavy atom. The van der Waals surface area contributed by atoms with E-state index in [-0.39, 0.29) is 39.4 Å². The summed E-state index contributed by atoms with van der Waals surface area (Å²) in [6, 6.07) is 10.3. The number of carbonyl (C=O) groups excluding carboxylic acids is 2. The fourth-order valence-corrected chi connectivity index (χ4v) is 4.06. The van der Waals surface area contributed by atoms with Crippen molar-refractivity contribution >= 4 is 46.3 Å². The number of nitrogens with zero attached hydrogens (tertiary/aromatic N) is 1. The van der Waals surface area contributed by atoms with Gasteiger partial charge in [-0.1, -0.05) is 12.1 Å². The highest BCUT2D eigenvalue weighted by Gasteiger charge is 2.39. The minimum absolute atomic E-state index is 0.0378. The van der Waals surface area contributed by atoms with Crippen LogP contribution in [0.5, 0.6) is 17.2 Å². The van der Waals surface area contributed by atoms with E-state index in [9.17, 15) is 29.4 Å². The van der Waals surface area contributed by atoms with Crippen molar-refractivity contribution in [3.05, 3.63) is 53.6 Å². The van der Waals surface area contributed by atoms with Crippen LogP contribution in [0.15, 0.2) is 42.5 Å². The van der Waals surface area contributed by atoms with Gasteiger partial charge >= 0.3 is 24.2 Å². The molecule has 0 fully saturated rings. The number of hydrogen-bond acceptors (Lipinski definition) is 8. The molecule has 0 saturated carbocycles. The van der Waals surface area contributed by atoms with Crippen LogP contribution >= 0.6 is 0 Å². The van der Waals surface area contributed by atoms with Crippen LogP contribution in [0.4, 0.5) is 21.0 Å². The quantitative estimate of drug-likeness (QED) is 0.272. The zero-order valence-electron chi connectivity index (χ0n) is 22.1. The van der Waals surface area contributed by atoms with Gasteiger partial charge in [0.05, 0.1) is 11.3 Å². The second-order valence-corrected chi connectivity index (χ2v) is 10.7. The Hall–Kier alpha value is -4.80. The molecule has 1 heterocycles. The summed E-state index contributed by atoms with van der Waals surface area (Å²) in [6.45, 7) is 9.95. The Morgan fingerprint density at radius 3 is 2.00 bits per heavy atom. The number of carbonyl (C=O) groups is 4. The third-order valence-corrected chi connectivity index (χ3v) is 5.34. The summed E-state index contributed by atoms with van der Waals surface area (Å²) in [5, 5.41) is 20.3. The maximum absolute atomic E-state index is 13.5. The molecule has 0 aliphatic carbocycles. The summed E-state index contributed by atoms with van der Waals surface area (Å²) in [5.74, 6) is -3.50. The van der Waals surface area contributed by atoms with Gasteiger partial charge in [0.25, 0.3) is 0 Å². The van der Waals surface area contributed by atoms with Crippen molar-refractivity contribution in [2.24, 2.45) is 0 Å². The van der Waals surface area contributed by atoms with Crippen molar-refractivity contribution < 1.29 is 48.3 Å². The highest BCUT2D eigenvalue weighted by Crippen LogP contribution is 2.53. The number of ether oxygens (including phenoxy) is 4. The van der Waals surface area contributed by atoms with Crippen LogP contribution in [-0.4, -0.2) is 45.6 Å². The van der Waals surface area contributed by atoms with Crippen LogP contribution in [0.2, 0.25) is 0 Å². The number of para-hydroxylation sites is 2. The van der Waals surface area contributed by atoms with E-state index < -0.39 is 46.5 Å². The molecule has 1 aliphatic rings. The van der Waals surface area contributed by atoms with Gasteiger partial charge in [-0.2, -0.15) is 0 Å². The fourth-order valence-electron chi connectivity index (χ4n) is 4.06. The second-order valence-electron chi connectivity index (χ2n) is 10.7. The van der Waals surface area contributed by atoms with Crippen molar-refractivity contribution in [1.82, 2.24) is 0 Å². The Balaban J connectivity index is 2.04. The molecule has 0 saturated heterocycles. The first-order valence-corrected chi connectivity index (χ1v) is 11.9. The van der Waals surface area contributed by atoms with Gasteiger partial charge in [-0.3, -0.25) is 0 Å². The highest BCUT2D eigenvalue weighted by molar-refractivity contribution is 6.21. The summed E-state index contributed by atoms with van der Waals surface area (Å²) in [7, 11) is 0. The third-order valence-electron chi connectivity index (χ3n) is 5.34. The van der Waals surface area contributed by atoms with E-state index in [4.69, 9.17) is 18.9 Å². The van der Waals surface area contributed by atoms with Gasteiger partial charge in [0.2, 0.25) is 0 Å². The number of fused-ring (bicyclic) bond motifs is 4. The molecule has 204 valence electrons. The van der Waals surface area contributed by atoms with Crippen LogP contribution in [-0.2, 0) is 9.47 Å². The first kappa shape index (κ1) is 27.2. The average Bonchev–Trinajstić information content (AvgIpc) is 2.78. The molecule has 0 radical (unpaired) electrons. The van der Waals surface area contributed by atoms with Gasteiger partial charge in [0, 0.05) is 10.8 Å². The largest absolute Gasteiger partial charge is 0.514 e. The first-order valence-electron chi connectivity index (χ1n) is 11.9. The summed E-state index contributed by atoms with van der Waals surface area (Å²) in [6.07, 6.45) is -1.88. The molecule has 3 aromatic carbocycles. The predicted octanol–water partition coefficient (Wildman–Crippen LogP) is 6.73. The lowest BCUT2D eigenvalue weighted by Crippen LogP contribution is -2.35. The molecule has 1 amide bonds. The summed E-state index contributed by atoms with van der Waals surface area (Å²) >= 11 is 0. The molecule has 0 aromatic heterocycles.